The maximum Gasteiger partial charge on any atom is 0.264 e. The van der Waals surface area contributed by atoms with Gasteiger partial charge >= 0.3 is 0 Å². The summed E-state index contributed by atoms with van der Waals surface area (Å²) in [4.78, 5) is 17.4. The molecule has 3 N–H and O–H groups in total. The number of aromatic nitrogens is 4. The van der Waals surface area contributed by atoms with Gasteiger partial charge in [0.1, 0.15) is 5.03 Å². The highest BCUT2D eigenvalue weighted by atomic mass is 32.2. The van der Waals surface area contributed by atoms with Gasteiger partial charge in [-0.25, -0.2) is 33.1 Å². The average molecular weight is 452 g/mol. The lowest BCUT2D eigenvalue weighted by atomic mass is 10.3. The van der Waals surface area contributed by atoms with Crippen LogP contribution < -0.4 is 15.4 Å². The van der Waals surface area contributed by atoms with Crippen molar-refractivity contribution in [2.45, 2.75) is 22.3 Å². The summed E-state index contributed by atoms with van der Waals surface area (Å²) >= 11 is 1.52. The van der Waals surface area contributed by atoms with Gasteiger partial charge in [0.2, 0.25) is 5.95 Å². The van der Waals surface area contributed by atoms with Crippen molar-refractivity contribution in [3.05, 3.63) is 66.5 Å². The molecule has 156 valence electrons. The van der Waals surface area contributed by atoms with Gasteiger partial charge in [0, 0.05) is 17.6 Å². The minimum atomic E-state index is -3.78. The molecular formula is C20H17N7O2S2. The predicted octanol–water partition coefficient (Wildman–Crippen LogP) is 3.44. The fraction of sp³-hybridized carbons (Fsp3) is 0.100. The molecular weight excluding hydrogens is 434 g/mol. The fourth-order valence-electron chi connectivity index (χ4n) is 3.05. The van der Waals surface area contributed by atoms with E-state index in [1.165, 1.54) is 30.1 Å². The van der Waals surface area contributed by atoms with Gasteiger partial charge < -0.3 is 10.6 Å². The van der Waals surface area contributed by atoms with Gasteiger partial charge in [0.25, 0.3) is 10.0 Å². The van der Waals surface area contributed by atoms with Gasteiger partial charge in [0.15, 0.2) is 11.3 Å². The molecule has 4 aromatic rings. The zero-order valence-corrected chi connectivity index (χ0v) is 17.9. The molecule has 11 heteroatoms. The van der Waals surface area contributed by atoms with E-state index in [2.05, 4.69) is 35.3 Å². The zero-order valence-electron chi connectivity index (χ0n) is 16.3. The van der Waals surface area contributed by atoms with Crippen LogP contribution in [0.25, 0.3) is 11.0 Å². The number of hydrogen-bond donors (Lipinski definition) is 3. The second-order valence-electron chi connectivity index (χ2n) is 6.80. The number of sulfonamides is 1. The van der Waals surface area contributed by atoms with Gasteiger partial charge in [-0.3, -0.25) is 0 Å². The van der Waals surface area contributed by atoms with Crippen LogP contribution in [0.2, 0.25) is 0 Å². The molecule has 5 rings (SSSR count). The smallest absolute Gasteiger partial charge is 0.264 e. The molecule has 9 nitrogen and oxygen atoms in total. The Bertz CT molecular complexity index is 1330. The molecule has 31 heavy (non-hydrogen) atoms. The first-order chi connectivity index (χ1) is 15.0. The molecule has 1 aliphatic rings. The molecule has 1 unspecified atom stereocenters. The van der Waals surface area contributed by atoms with Crippen molar-refractivity contribution in [3.63, 3.8) is 0 Å². The van der Waals surface area contributed by atoms with Crippen LogP contribution in [-0.2, 0) is 10.0 Å². The number of benzene rings is 2. The number of anilines is 3. The Morgan fingerprint density at radius 1 is 0.968 bits per heavy atom. The van der Waals surface area contributed by atoms with Crippen molar-refractivity contribution in [2.75, 3.05) is 15.4 Å². The van der Waals surface area contributed by atoms with E-state index in [1.807, 2.05) is 24.3 Å². The lowest BCUT2D eigenvalue weighted by Gasteiger charge is -2.14. The first-order valence-corrected chi connectivity index (χ1v) is 11.7. The first kappa shape index (κ1) is 19.5. The molecule has 2 aromatic heterocycles. The van der Waals surface area contributed by atoms with Gasteiger partial charge in [-0.2, -0.15) is 0 Å². The molecule has 0 bridgehead atoms. The molecule has 0 aliphatic carbocycles. The molecule has 1 atom stereocenters. The van der Waals surface area contributed by atoms with Crippen LogP contribution in [0.5, 0.6) is 0 Å². The number of aryl methyl sites for hydroxylation is 1. The molecule has 0 amide bonds. The molecule has 3 heterocycles. The first-order valence-electron chi connectivity index (χ1n) is 9.35. The summed E-state index contributed by atoms with van der Waals surface area (Å²) in [5.41, 5.74) is 2.93. The van der Waals surface area contributed by atoms with Crippen LogP contribution in [-0.4, -0.2) is 33.9 Å². The SMILES string of the molecule is Cc1ccnc(NS(=O)(=O)c2ccc(NC3Nc4nc5ccccc5nc4S3)cc2)n1. The Balaban J connectivity index is 1.28. The van der Waals surface area contributed by atoms with Crippen LogP contribution in [0, 0.1) is 6.92 Å². The van der Waals surface area contributed by atoms with Crippen molar-refractivity contribution in [1.82, 2.24) is 19.9 Å². The number of hydrogen-bond acceptors (Lipinski definition) is 9. The van der Waals surface area contributed by atoms with E-state index in [0.717, 1.165) is 27.6 Å². The number of nitrogens with one attached hydrogen (secondary N) is 3. The summed E-state index contributed by atoms with van der Waals surface area (Å²) in [7, 11) is -3.78. The lowest BCUT2D eigenvalue weighted by Crippen LogP contribution is -2.21. The molecule has 0 saturated heterocycles. The maximum absolute atomic E-state index is 12.6. The Kier molecular flexibility index (Phi) is 4.83. The van der Waals surface area contributed by atoms with E-state index in [4.69, 9.17) is 0 Å². The largest absolute Gasteiger partial charge is 0.357 e. The topological polar surface area (TPSA) is 122 Å². The van der Waals surface area contributed by atoms with Crippen molar-refractivity contribution >= 4 is 50.3 Å². The second-order valence-corrected chi connectivity index (χ2v) is 9.58. The minimum absolute atomic E-state index is 0.0407. The third kappa shape index (κ3) is 4.09. The Morgan fingerprint density at radius 3 is 2.45 bits per heavy atom. The normalized spacial score (nSPS) is 15.3. The van der Waals surface area contributed by atoms with Crippen LogP contribution in [0.1, 0.15) is 5.69 Å². The highest BCUT2D eigenvalue weighted by Gasteiger charge is 2.25. The summed E-state index contributed by atoms with van der Waals surface area (Å²) in [5.74, 6) is 0.765. The van der Waals surface area contributed by atoms with Crippen LogP contribution >= 0.6 is 11.8 Å². The predicted molar refractivity (Wildman–Crippen MR) is 120 cm³/mol. The third-order valence-electron chi connectivity index (χ3n) is 4.52. The van der Waals surface area contributed by atoms with Crippen LogP contribution in [0.4, 0.5) is 17.5 Å². The minimum Gasteiger partial charge on any atom is -0.357 e. The van der Waals surface area contributed by atoms with Gasteiger partial charge in [-0.1, -0.05) is 23.9 Å². The lowest BCUT2D eigenvalue weighted by molar-refractivity contribution is 0.601. The summed E-state index contributed by atoms with van der Waals surface area (Å²) in [6.45, 7) is 1.76. The van der Waals surface area contributed by atoms with E-state index in [0.29, 0.717) is 5.69 Å². The van der Waals surface area contributed by atoms with Gasteiger partial charge in [-0.05, 0) is 49.4 Å². The number of para-hydroxylation sites is 2. The molecule has 0 fully saturated rings. The van der Waals surface area contributed by atoms with Crippen LogP contribution in [0.15, 0.2) is 70.7 Å². The van der Waals surface area contributed by atoms with E-state index in [9.17, 15) is 8.42 Å². The Hall–Kier alpha value is -3.44. The van der Waals surface area contributed by atoms with E-state index < -0.39 is 10.0 Å². The number of nitrogens with zero attached hydrogens (tertiary/aromatic N) is 4. The monoisotopic (exact) mass is 451 g/mol. The standard InChI is InChI=1S/C20H17N7O2S2/c1-12-10-11-21-19(22-12)27-31(28,29)14-8-6-13(7-9-14)23-20-26-17-18(30-20)25-16-5-3-2-4-15(16)24-17/h2-11,20,23H,1H3,(H,24,26)(H,21,22,27). The highest BCUT2D eigenvalue weighted by molar-refractivity contribution is 8.00. The van der Waals surface area contributed by atoms with E-state index in [-0.39, 0.29) is 16.3 Å². The summed E-state index contributed by atoms with van der Waals surface area (Å²) in [5, 5.41) is 7.42. The zero-order chi connectivity index (χ0) is 21.4. The summed E-state index contributed by atoms with van der Waals surface area (Å²) in [6.07, 6.45) is 1.50. The average Bonchev–Trinajstić information content (AvgIpc) is 3.13. The second kappa shape index (κ2) is 7.67. The number of rotatable bonds is 5. The molecule has 2 aromatic carbocycles. The van der Waals surface area contributed by atoms with E-state index in [1.54, 1.807) is 25.1 Å². The molecule has 0 spiro atoms. The number of thioether (sulfide) groups is 1. The van der Waals surface area contributed by atoms with Crippen molar-refractivity contribution in [1.29, 1.82) is 0 Å². The quantitative estimate of drug-likeness (QED) is 0.419. The molecule has 0 saturated carbocycles. The van der Waals surface area contributed by atoms with Crippen molar-refractivity contribution in [2.24, 2.45) is 0 Å². The van der Waals surface area contributed by atoms with E-state index >= 15 is 0 Å². The van der Waals surface area contributed by atoms with Crippen molar-refractivity contribution < 1.29 is 8.42 Å². The highest BCUT2D eigenvalue weighted by Crippen LogP contribution is 2.37. The van der Waals surface area contributed by atoms with Crippen molar-refractivity contribution in [3.8, 4) is 0 Å². The summed E-state index contributed by atoms with van der Waals surface area (Å²) < 4.78 is 27.6. The third-order valence-corrected chi connectivity index (χ3v) is 6.84. The molecule has 1 aliphatic heterocycles. The van der Waals surface area contributed by atoms with Crippen LogP contribution in [0.3, 0.4) is 0 Å². The van der Waals surface area contributed by atoms with Gasteiger partial charge in [-0.15, -0.1) is 0 Å². The maximum atomic E-state index is 12.6. The fourth-order valence-corrected chi connectivity index (χ4v) is 4.96. The molecule has 0 radical (unpaired) electrons. The Labute approximate surface area is 182 Å². The Morgan fingerprint density at radius 2 is 1.71 bits per heavy atom. The van der Waals surface area contributed by atoms with Gasteiger partial charge in [0.05, 0.1) is 15.9 Å². The summed E-state index contributed by atoms with van der Waals surface area (Å²) in [6, 6.07) is 15.9. The number of fused-ring (bicyclic) bond motifs is 2.